The highest BCUT2D eigenvalue weighted by Crippen LogP contribution is 2.53. The van der Waals surface area contributed by atoms with Gasteiger partial charge in [0, 0.05) is 42.3 Å². The summed E-state index contributed by atoms with van der Waals surface area (Å²) in [4.78, 5) is 16.5. The number of rotatable bonds is 7. The molecular formula is C29H31ClN6O3S2. The number of piperidine rings is 1. The molecule has 2 atom stereocenters. The van der Waals surface area contributed by atoms with Crippen LogP contribution in [0.25, 0.3) is 11.5 Å². The molecule has 12 heteroatoms. The Morgan fingerprint density at radius 1 is 1.17 bits per heavy atom. The van der Waals surface area contributed by atoms with Gasteiger partial charge in [0.15, 0.2) is 5.82 Å². The van der Waals surface area contributed by atoms with Gasteiger partial charge in [0.05, 0.1) is 38.7 Å². The van der Waals surface area contributed by atoms with Crippen molar-refractivity contribution in [3.63, 3.8) is 0 Å². The quantitative estimate of drug-likeness (QED) is 0.265. The third kappa shape index (κ3) is 5.31. The van der Waals surface area contributed by atoms with Crippen molar-refractivity contribution >= 4 is 46.0 Å². The molecule has 2 aromatic carbocycles. The minimum Gasteiger partial charge on any atom is -0.486 e. The Morgan fingerprint density at radius 2 is 1.95 bits per heavy atom. The second-order valence-corrected chi connectivity index (χ2v) is 14.1. The molecule has 2 aliphatic rings. The van der Waals surface area contributed by atoms with Gasteiger partial charge in [-0.25, -0.2) is 19.2 Å². The predicted octanol–water partition coefficient (Wildman–Crippen LogP) is 5.82. The molecule has 0 radical (unpaired) electrons. The molecular weight excluding hydrogens is 580 g/mol. The lowest BCUT2D eigenvalue weighted by molar-refractivity contribution is 0.0365. The molecule has 214 valence electrons. The van der Waals surface area contributed by atoms with E-state index >= 15 is 0 Å². The summed E-state index contributed by atoms with van der Waals surface area (Å²) in [7, 11) is -1.45. The lowest BCUT2D eigenvalue weighted by atomic mass is 9.73. The number of para-hydroxylation sites is 1. The van der Waals surface area contributed by atoms with E-state index in [4.69, 9.17) is 36.6 Å². The van der Waals surface area contributed by atoms with E-state index < -0.39 is 21.3 Å². The fourth-order valence-corrected chi connectivity index (χ4v) is 7.16. The summed E-state index contributed by atoms with van der Waals surface area (Å²) in [5.74, 6) is 2.50. The van der Waals surface area contributed by atoms with Gasteiger partial charge in [0.1, 0.15) is 28.5 Å². The number of halogens is 1. The number of nitrogens with zero attached hydrogens (tertiary/aromatic N) is 4. The van der Waals surface area contributed by atoms with E-state index in [1.165, 1.54) is 18.0 Å². The van der Waals surface area contributed by atoms with Gasteiger partial charge in [-0.05, 0) is 38.5 Å². The van der Waals surface area contributed by atoms with Gasteiger partial charge in [-0.2, -0.15) is 0 Å². The largest absolute Gasteiger partial charge is 0.486 e. The third-order valence-electron chi connectivity index (χ3n) is 8.00. The van der Waals surface area contributed by atoms with Crippen LogP contribution in [0.15, 0.2) is 75.5 Å². The van der Waals surface area contributed by atoms with Crippen LogP contribution in [0.1, 0.15) is 44.6 Å². The number of nitrogen functional groups attached to an aromatic ring is 1. The maximum Gasteiger partial charge on any atom is 0.227 e. The number of aromatic nitrogens is 3. The summed E-state index contributed by atoms with van der Waals surface area (Å²) in [6.07, 6.45) is 7.08. The molecule has 1 fully saturated rings. The van der Waals surface area contributed by atoms with Crippen molar-refractivity contribution in [3.05, 3.63) is 71.7 Å². The smallest absolute Gasteiger partial charge is 0.227 e. The van der Waals surface area contributed by atoms with Crippen LogP contribution in [0, 0.1) is 0 Å². The van der Waals surface area contributed by atoms with Crippen LogP contribution in [-0.2, 0) is 11.0 Å². The van der Waals surface area contributed by atoms with Crippen LogP contribution < -0.4 is 20.5 Å². The standard InChI is InChI=1S/C29H31ClN6O3S2/c1-28(2,41(32)37)16-20-18-6-3-4-8-21(18)39-29(20)10-13-36(14-11-29)23-17-34-27(25(31)35-23)40-22-9-5-7-19(24(22)30)26-33-12-15-38-26/h3-9,12,15,17,20H,10-11,13-14,16,32H2,1-2H3,(H2,31,35)/t20-,41?/m1/s1. The van der Waals surface area contributed by atoms with E-state index in [1.807, 2.05) is 50.2 Å². The average Bonchev–Trinajstić information content (AvgIpc) is 3.58. The number of fused-ring (bicyclic) bond motifs is 1. The van der Waals surface area contributed by atoms with Crippen LogP contribution >= 0.6 is 23.4 Å². The number of hydrogen-bond acceptors (Lipinski definition) is 9. The number of oxazole rings is 1. The lowest BCUT2D eigenvalue weighted by Crippen LogP contribution is -2.51. The molecule has 1 unspecified atom stereocenters. The van der Waals surface area contributed by atoms with Crippen molar-refractivity contribution in [2.24, 2.45) is 5.14 Å². The van der Waals surface area contributed by atoms with Gasteiger partial charge in [-0.1, -0.05) is 47.6 Å². The summed E-state index contributed by atoms with van der Waals surface area (Å²) in [5, 5.41) is 6.96. The molecule has 2 aliphatic heterocycles. The predicted molar refractivity (Wildman–Crippen MR) is 163 cm³/mol. The zero-order valence-electron chi connectivity index (χ0n) is 22.7. The fraction of sp³-hybridized carbons (Fsp3) is 0.345. The molecule has 4 N–H and O–H groups in total. The Balaban J connectivity index is 1.18. The molecule has 2 aromatic heterocycles. The van der Waals surface area contributed by atoms with Gasteiger partial charge >= 0.3 is 0 Å². The molecule has 6 rings (SSSR count). The molecule has 1 saturated heterocycles. The van der Waals surface area contributed by atoms with Crippen molar-refractivity contribution in [1.29, 1.82) is 0 Å². The first-order valence-corrected chi connectivity index (χ1v) is 15.8. The topological polar surface area (TPSA) is 133 Å². The molecule has 9 nitrogen and oxygen atoms in total. The van der Waals surface area contributed by atoms with Crippen molar-refractivity contribution in [2.75, 3.05) is 23.7 Å². The highest BCUT2D eigenvalue weighted by Gasteiger charge is 2.52. The summed E-state index contributed by atoms with van der Waals surface area (Å²) in [6, 6.07) is 13.8. The van der Waals surface area contributed by atoms with Gasteiger partial charge in [0.2, 0.25) is 5.89 Å². The maximum absolute atomic E-state index is 12.3. The van der Waals surface area contributed by atoms with Crippen LogP contribution in [0.3, 0.4) is 0 Å². The van der Waals surface area contributed by atoms with Gasteiger partial charge < -0.3 is 19.8 Å². The first-order chi connectivity index (χ1) is 19.7. The second-order valence-electron chi connectivity index (χ2n) is 11.0. The van der Waals surface area contributed by atoms with E-state index in [1.54, 1.807) is 12.4 Å². The Morgan fingerprint density at radius 3 is 2.66 bits per heavy atom. The SMILES string of the molecule is CC(C)(C[C@@H]1c2ccccc2OC12CCN(c1cnc(Sc3cccc(-c4ncco4)c3Cl)c(N)n1)CC2)S(N)=O. The number of anilines is 2. The Bertz CT molecular complexity index is 1590. The number of benzene rings is 2. The fourth-order valence-electron chi connectivity index (χ4n) is 5.70. The molecule has 0 aliphatic carbocycles. The van der Waals surface area contributed by atoms with E-state index in [-0.39, 0.29) is 5.92 Å². The molecule has 41 heavy (non-hydrogen) atoms. The van der Waals surface area contributed by atoms with Crippen molar-refractivity contribution in [3.8, 4) is 17.2 Å². The Hall–Kier alpha value is -3.12. The van der Waals surface area contributed by atoms with Gasteiger partial charge in [-0.15, -0.1) is 0 Å². The molecule has 0 saturated carbocycles. The van der Waals surface area contributed by atoms with Crippen LogP contribution in [-0.4, -0.2) is 42.6 Å². The van der Waals surface area contributed by atoms with Crippen molar-refractivity contribution in [2.45, 2.75) is 59.3 Å². The Labute approximate surface area is 250 Å². The molecule has 4 heterocycles. The van der Waals surface area contributed by atoms with Gasteiger partial charge in [0.25, 0.3) is 0 Å². The minimum absolute atomic E-state index is 0.0927. The average molecular weight is 611 g/mol. The first-order valence-electron chi connectivity index (χ1n) is 13.3. The minimum atomic E-state index is -1.45. The zero-order valence-corrected chi connectivity index (χ0v) is 25.1. The number of hydrogen-bond donors (Lipinski definition) is 2. The molecule has 4 aromatic rings. The number of nitrogens with two attached hydrogens (primary N) is 2. The highest BCUT2D eigenvalue weighted by molar-refractivity contribution is 7.99. The normalized spacial score (nSPS) is 18.7. The van der Waals surface area contributed by atoms with E-state index in [9.17, 15) is 4.21 Å². The summed E-state index contributed by atoms with van der Waals surface area (Å²) in [5.41, 5.74) is 7.86. The lowest BCUT2D eigenvalue weighted by Gasteiger charge is -2.44. The van der Waals surface area contributed by atoms with Crippen molar-refractivity contribution < 1.29 is 13.4 Å². The second kappa shape index (κ2) is 10.9. The maximum atomic E-state index is 12.3. The summed E-state index contributed by atoms with van der Waals surface area (Å²) in [6.45, 7) is 5.37. The van der Waals surface area contributed by atoms with Crippen LogP contribution in [0.2, 0.25) is 5.02 Å². The van der Waals surface area contributed by atoms with Crippen molar-refractivity contribution in [1.82, 2.24) is 15.0 Å². The van der Waals surface area contributed by atoms with Crippen LogP contribution in [0.5, 0.6) is 5.75 Å². The number of ether oxygens (including phenoxy) is 1. The van der Waals surface area contributed by atoms with E-state index in [0.29, 0.717) is 33.7 Å². The Kier molecular flexibility index (Phi) is 7.48. The molecule has 1 spiro atoms. The molecule has 0 amide bonds. The summed E-state index contributed by atoms with van der Waals surface area (Å²) >= 11 is 8.01. The molecule has 0 bridgehead atoms. The first kappa shape index (κ1) is 28.0. The van der Waals surface area contributed by atoms with Crippen LogP contribution in [0.4, 0.5) is 11.6 Å². The monoisotopic (exact) mass is 610 g/mol. The highest BCUT2D eigenvalue weighted by atomic mass is 35.5. The van der Waals surface area contributed by atoms with Gasteiger partial charge in [-0.3, -0.25) is 5.14 Å². The third-order valence-corrected chi connectivity index (χ3v) is 10.8. The zero-order chi connectivity index (χ0) is 28.8. The van der Waals surface area contributed by atoms with E-state index in [0.717, 1.165) is 48.0 Å². The van der Waals surface area contributed by atoms with E-state index in [2.05, 4.69) is 20.9 Å². The summed E-state index contributed by atoms with van der Waals surface area (Å²) < 4.78 is 23.9.